The number of nitrogens with one attached hydrogen (secondary N) is 1. The van der Waals surface area contributed by atoms with Crippen molar-refractivity contribution in [3.05, 3.63) is 58.4 Å². The molecular weight excluding hydrogens is 310 g/mol. The zero-order chi connectivity index (χ0) is 18.6. The van der Waals surface area contributed by atoms with Crippen LogP contribution in [-0.4, -0.2) is 16.5 Å². The van der Waals surface area contributed by atoms with E-state index in [1.807, 2.05) is 52.0 Å². The van der Waals surface area contributed by atoms with Crippen molar-refractivity contribution in [3.63, 3.8) is 0 Å². The maximum Gasteiger partial charge on any atom is 0.262 e. The van der Waals surface area contributed by atoms with Gasteiger partial charge in [-0.05, 0) is 63.5 Å². The molecule has 0 aliphatic carbocycles. The van der Waals surface area contributed by atoms with Crippen molar-refractivity contribution < 1.29 is 4.79 Å². The minimum atomic E-state index is -0.337. The highest BCUT2D eigenvalue weighted by atomic mass is 16.1. The van der Waals surface area contributed by atoms with E-state index in [1.165, 1.54) is 5.56 Å². The molecule has 0 saturated heterocycles. The summed E-state index contributed by atoms with van der Waals surface area (Å²) in [5.41, 5.74) is 5.51. The smallest absolute Gasteiger partial charge is 0.262 e. The Morgan fingerprint density at radius 3 is 2.60 bits per heavy atom. The third kappa shape index (κ3) is 4.00. The molecule has 2 aromatic rings. The van der Waals surface area contributed by atoms with Crippen molar-refractivity contribution in [1.29, 1.82) is 5.26 Å². The number of nitrogens with zero attached hydrogens (tertiary/aromatic N) is 2. The first-order valence-electron chi connectivity index (χ1n) is 8.58. The van der Waals surface area contributed by atoms with Crippen LogP contribution in [0, 0.1) is 25.2 Å². The molecule has 1 N–H and O–H groups in total. The highest BCUT2D eigenvalue weighted by Crippen LogP contribution is 2.25. The standard InChI is InChI=1S/C21H25N3O/c1-6-17-9-7-8-10-20(17)24-15(4)11-18(16(24)5)12-19(13-22)21(25)23-14(2)3/h7-12,14H,6H2,1-5H3,(H,23,25)/b19-12-. The molecule has 0 saturated carbocycles. The molecule has 0 bridgehead atoms. The van der Waals surface area contributed by atoms with Crippen LogP contribution in [0.25, 0.3) is 11.8 Å². The molecule has 0 atom stereocenters. The van der Waals surface area contributed by atoms with Gasteiger partial charge in [-0.1, -0.05) is 25.1 Å². The van der Waals surface area contributed by atoms with Crippen LogP contribution in [0.3, 0.4) is 0 Å². The fraction of sp³-hybridized carbons (Fsp3) is 0.333. The molecule has 4 heteroatoms. The lowest BCUT2D eigenvalue weighted by molar-refractivity contribution is -0.117. The van der Waals surface area contributed by atoms with Gasteiger partial charge in [0.1, 0.15) is 11.6 Å². The Morgan fingerprint density at radius 1 is 1.32 bits per heavy atom. The second-order valence-corrected chi connectivity index (χ2v) is 6.44. The lowest BCUT2D eigenvalue weighted by atomic mass is 10.1. The molecule has 1 amide bonds. The van der Waals surface area contributed by atoms with Gasteiger partial charge in [0.25, 0.3) is 5.91 Å². The maximum atomic E-state index is 12.2. The van der Waals surface area contributed by atoms with Crippen molar-refractivity contribution in [2.24, 2.45) is 0 Å². The van der Waals surface area contributed by atoms with Crippen LogP contribution in [-0.2, 0) is 11.2 Å². The third-order valence-corrected chi connectivity index (χ3v) is 4.17. The Labute approximate surface area is 149 Å². The third-order valence-electron chi connectivity index (χ3n) is 4.17. The Kier molecular flexibility index (Phi) is 5.82. The van der Waals surface area contributed by atoms with Gasteiger partial charge in [0, 0.05) is 23.1 Å². The Morgan fingerprint density at radius 2 is 2.00 bits per heavy atom. The van der Waals surface area contributed by atoms with Crippen LogP contribution in [0.5, 0.6) is 0 Å². The summed E-state index contributed by atoms with van der Waals surface area (Å²) < 4.78 is 2.18. The van der Waals surface area contributed by atoms with E-state index in [0.717, 1.165) is 29.1 Å². The van der Waals surface area contributed by atoms with Crippen LogP contribution in [0.1, 0.15) is 43.3 Å². The molecule has 2 rings (SSSR count). The fourth-order valence-electron chi connectivity index (χ4n) is 2.98. The van der Waals surface area contributed by atoms with Crippen molar-refractivity contribution in [2.45, 2.75) is 47.1 Å². The summed E-state index contributed by atoms with van der Waals surface area (Å²) in [6.45, 7) is 9.94. The lowest BCUT2D eigenvalue weighted by Crippen LogP contribution is -2.30. The van der Waals surface area contributed by atoms with E-state index in [4.69, 9.17) is 0 Å². The molecule has 1 heterocycles. The van der Waals surface area contributed by atoms with Gasteiger partial charge < -0.3 is 9.88 Å². The molecule has 0 unspecified atom stereocenters. The van der Waals surface area contributed by atoms with Crippen molar-refractivity contribution in [3.8, 4) is 11.8 Å². The molecule has 4 nitrogen and oxygen atoms in total. The average molecular weight is 335 g/mol. The molecule has 0 aliphatic rings. The molecule has 0 fully saturated rings. The summed E-state index contributed by atoms with van der Waals surface area (Å²) in [5, 5.41) is 12.1. The number of para-hydroxylation sites is 1. The largest absolute Gasteiger partial charge is 0.349 e. The quantitative estimate of drug-likeness (QED) is 0.661. The van der Waals surface area contributed by atoms with Gasteiger partial charge in [0.05, 0.1) is 0 Å². The molecule has 1 aromatic heterocycles. The van der Waals surface area contributed by atoms with E-state index in [0.29, 0.717) is 0 Å². The molecule has 25 heavy (non-hydrogen) atoms. The zero-order valence-electron chi connectivity index (χ0n) is 15.6. The van der Waals surface area contributed by atoms with E-state index >= 15 is 0 Å². The second-order valence-electron chi connectivity index (χ2n) is 6.44. The minimum absolute atomic E-state index is 0.00638. The molecule has 0 spiro atoms. The van der Waals surface area contributed by atoms with E-state index < -0.39 is 0 Å². The molecule has 0 aliphatic heterocycles. The number of aromatic nitrogens is 1. The van der Waals surface area contributed by atoms with Gasteiger partial charge in [-0.25, -0.2) is 0 Å². The summed E-state index contributed by atoms with van der Waals surface area (Å²) in [6, 6.07) is 12.3. The number of nitriles is 1. The highest BCUT2D eigenvalue weighted by molar-refractivity contribution is 6.02. The number of carbonyl (C=O) groups is 1. The van der Waals surface area contributed by atoms with Crippen molar-refractivity contribution in [2.75, 3.05) is 0 Å². The lowest BCUT2D eigenvalue weighted by Gasteiger charge is -2.14. The molecular formula is C21H25N3O. The Bertz CT molecular complexity index is 851. The summed E-state index contributed by atoms with van der Waals surface area (Å²) >= 11 is 0. The molecule has 1 aromatic carbocycles. The van der Waals surface area contributed by atoms with Crippen LogP contribution in [0.15, 0.2) is 35.9 Å². The fourth-order valence-corrected chi connectivity index (χ4v) is 2.98. The topological polar surface area (TPSA) is 57.8 Å². The van der Waals surface area contributed by atoms with E-state index in [9.17, 15) is 10.1 Å². The Hall–Kier alpha value is -2.80. The highest BCUT2D eigenvalue weighted by Gasteiger charge is 2.15. The number of amides is 1. The van der Waals surface area contributed by atoms with Crippen LogP contribution < -0.4 is 5.32 Å². The van der Waals surface area contributed by atoms with Gasteiger partial charge in [0.15, 0.2) is 0 Å². The maximum absolute atomic E-state index is 12.2. The number of aryl methyl sites for hydroxylation is 2. The number of carbonyl (C=O) groups excluding carboxylic acids is 1. The number of benzene rings is 1. The molecule has 0 radical (unpaired) electrons. The summed E-state index contributed by atoms with van der Waals surface area (Å²) in [4.78, 5) is 12.2. The van der Waals surface area contributed by atoms with Gasteiger partial charge >= 0.3 is 0 Å². The number of hydrogen-bond donors (Lipinski definition) is 1. The Balaban J connectivity index is 2.51. The van der Waals surface area contributed by atoms with E-state index in [-0.39, 0.29) is 17.5 Å². The SMILES string of the molecule is CCc1ccccc1-n1c(C)cc(/C=C(/C#N)C(=O)NC(C)C)c1C. The van der Waals surface area contributed by atoms with Crippen molar-refractivity contribution >= 4 is 12.0 Å². The van der Waals surface area contributed by atoms with Gasteiger partial charge in [-0.2, -0.15) is 5.26 Å². The normalized spacial score (nSPS) is 11.5. The minimum Gasteiger partial charge on any atom is -0.349 e. The number of rotatable bonds is 5. The first-order chi connectivity index (χ1) is 11.9. The van der Waals surface area contributed by atoms with Crippen molar-refractivity contribution in [1.82, 2.24) is 9.88 Å². The van der Waals surface area contributed by atoms with Crippen LogP contribution in [0.2, 0.25) is 0 Å². The van der Waals surface area contributed by atoms with Gasteiger partial charge in [0.2, 0.25) is 0 Å². The zero-order valence-corrected chi connectivity index (χ0v) is 15.6. The number of hydrogen-bond acceptors (Lipinski definition) is 2. The first-order valence-corrected chi connectivity index (χ1v) is 8.58. The summed E-state index contributed by atoms with van der Waals surface area (Å²) in [7, 11) is 0. The van der Waals surface area contributed by atoms with E-state index in [2.05, 4.69) is 28.9 Å². The van der Waals surface area contributed by atoms with Crippen LogP contribution in [0.4, 0.5) is 0 Å². The first kappa shape index (κ1) is 18.5. The average Bonchev–Trinajstić information content (AvgIpc) is 2.85. The molecule has 130 valence electrons. The predicted molar refractivity (Wildman–Crippen MR) is 101 cm³/mol. The van der Waals surface area contributed by atoms with E-state index in [1.54, 1.807) is 6.08 Å². The van der Waals surface area contributed by atoms with Crippen LogP contribution >= 0.6 is 0 Å². The predicted octanol–water partition coefficient (Wildman–Crippen LogP) is 4.09. The van der Waals surface area contributed by atoms with Gasteiger partial charge in [-0.15, -0.1) is 0 Å². The summed E-state index contributed by atoms with van der Waals surface area (Å²) in [6.07, 6.45) is 2.61. The van der Waals surface area contributed by atoms with Gasteiger partial charge in [-0.3, -0.25) is 4.79 Å². The monoisotopic (exact) mass is 335 g/mol. The second kappa shape index (κ2) is 7.85. The summed E-state index contributed by atoms with van der Waals surface area (Å²) in [5.74, 6) is -0.337.